The summed E-state index contributed by atoms with van der Waals surface area (Å²) in [5.41, 5.74) is 0. The van der Waals surface area contributed by atoms with Crippen LogP contribution in [0.15, 0.2) is 24.3 Å². The lowest BCUT2D eigenvalue weighted by molar-refractivity contribution is -0.127. The summed E-state index contributed by atoms with van der Waals surface area (Å²) in [4.78, 5) is 13.6. The molecule has 1 aromatic rings. The third-order valence-electron chi connectivity index (χ3n) is 3.41. The minimum absolute atomic E-state index is 0.202. The maximum absolute atomic E-state index is 11.7. The van der Waals surface area contributed by atoms with E-state index in [9.17, 15) is 4.79 Å². The molecule has 0 aromatic heterocycles. The van der Waals surface area contributed by atoms with Gasteiger partial charge in [-0.1, -0.05) is 12.1 Å². The molecule has 0 spiro atoms. The third kappa shape index (κ3) is 3.79. The Morgan fingerprint density at radius 1 is 1.35 bits per heavy atom. The van der Waals surface area contributed by atoms with Crippen molar-refractivity contribution in [3.05, 3.63) is 24.3 Å². The van der Waals surface area contributed by atoms with E-state index in [0.29, 0.717) is 24.8 Å². The highest BCUT2D eigenvalue weighted by atomic mass is 35.5. The topological polar surface area (TPSA) is 38.8 Å². The van der Waals surface area contributed by atoms with Crippen LogP contribution in [0.2, 0.25) is 0 Å². The number of methoxy groups -OCH3 is 1. The number of rotatable bonds is 7. The molecule has 4 nitrogen and oxygen atoms in total. The zero-order valence-electron chi connectivity index (χ0n) is 11.7. The lowest BCUT2D eigenvalue weighted by Crippen LogP contribution is -2.27. The summed E-state index contributed by atoms with van der Waals surface area (Å²) < 4.78 is 10.9. The second kappa shape index (κ2) is 7.39. The Hall–Kier alpha value is -1.42. The molecule has 1 atom stereocenters. The molecule has 2 rings (SSSR count). The van der Waals surface area contributed by atoms with E-state index in [2.05, 4.69) is 0 Å². The number of carbonyl (C=O) groups excluding carboxylic acids is 1. The average molecular weight is 298 g/mol. The van der Waals surface area contributed by atoms with E-state index in [-0.39, 0.29) is 5.91 Å². The molecule has 1 aliphatic rings. The van der Waals surface area contributed by atoms with Crippen molar-refractivity contribution in [1.82, 2.24) is 4.90 Å². The minimum Gasteiger partial charge on any atom is -0.493 e. The van der Waals surface area contributed by atoms with Crippen molar-refractivity contribution < 1.29 is 14.3 Å². The average Bonchev–Trinajstić information content (AvgIpc) is 2.84. The monoisotopic (exact) mass is 297 g/mol. The summed E-state index contributed by atoms with van der Waals surface area (Å²) in [6, 6.07) is 7.56. The predicted molar refractivity (Wildman–Crippen MR) is 78.5 cm³/mol. The first-order valence-electron chi connectivity index (χ1n) is 6.84. The normalized spacial score (nSPS) is 18.4. The fraction of sp³-hybridized carbons (Fsp3) is 0.533. The minimum atomic E-state index is 0.202. The number of benzene rings is 1. The van der Waals surface area contributed by atoms with Crippen molar-refractivity contribution in [2.75, 3.05) is 32.7 Å². The molecule has 110 valence electrons. The number of hydrogen-bond donors (Lipinski definition) is 0. The highest BCUT2D eigenvalue weighted by Gasteiger charge is 2.28. The third-order valence-corrected chi connectivity index (χ3v) is 3.85. The van der Waals surface area contributed by atoms with E-state index in [0.717, 1.165) is 31.0 Å². The first-order valence-corrected chi connectivity index (χ1v) is 7.37. The van der Waals surface area contributed by atoms with Gasteiger partial charge >= 0.3 is 0 Å². The Bertz CT molecular complexity index is 452. The molecule has 0 bridgehead atoms. The first kappa shape index (κ1) is 15.0. The molecule has 0 aliphatic carbocycles. The second-order valence-corrected chi connectivity index (χ2v) is 5.23. The number of nitrogens with zero attached hydrogens (tertiary/aromatic N) is 1. The number of amides is 1. The Morgan fingerprint density at radius 3 is 2.75 bits per heavy atom. The van der Waals surface area contributed by atoms with Crippen LogP contribution in [0.25, 0.3) is 0 Å². The molecule has 5 heteroatoms. The lowest BCUT2D eigenvalue weighted by Gasteiger charge is -2.16. The van der Waals surface area contributed by atoms with Gasteiger partial charge in [0.2, 0.25) is 5.91 Å². The van der Waals surface area contributed by atoms with Crippen molar-refractivity contribution in [1.29, 1.82) is 0 Å². The van der Waals surface area contributed by atoms with Crippen molar-refractivity contribution in [2.24, 2.45) is 5.92 Å². The lowest BCUT2D eigenvalue weighted by atomic mass is 10.1. The van der Waals surface area contributed by atoms with Crippen molar-refractivity contribution >= 4 is 17.5 Å². The summed E-state index contributed by atoms with van der Waals surface area (Å²) in [6.07, 6.45) is 1.38. The number of para-hydroxylation sites is 2. The molecule has 1 amide bonds. The van der Waals surface area contributed by atoms with Crippen LogP contribution in [0.3, 0.4) is 0 Å². The van der Waals surface area contributed by atoms with Gasteiger partial charge in [0.05, 0.1) is 13.7 Å². The number of ether oxygens (including phenoxy) is 2. The molecule has 0 N–H and O–H groups in total. The quantitative estimate of drug-likeness (QED) is 0.573. The van der Waals surface area contributed by atoms with Crippen LogP contribution in [0.5, 0.6) is 11.5 Å². The van der Waals surface area contributed by atoms with Crippen LogP contribution in [0, 0.1) is 5.92 Å². The smallest absolute Gasteiger partial charge is 0.222 e. The molecule has 20 heavy (non-hydrogen) atoms. The zero-order chi connectivity index (χ0) is 14.4. The van der Waals surface area contributed by atoms with Gasteiger partial charge in [0.15, 0.2) is 11.5 Å². The number of halogens is 1. The highest BCUT2D eigenvalue weighted by Crippen LogP contribution is 2.26. The molecule has 1 unspecified atom stereocenters. The predicted octanol–water partition coefficient (Wildman–Crippen LogP) is 2.55. The van der Waals surface area contributed by atoms with Crippen LogP contribution in [0.1, 0.15) is 12.8 Å². The van der Waals surface area contributed by atoms with Gasteiger partial charge < -0.3 is 14.4 Å². The summed E-state index contributed by atoms with van der Waals surface area (Å²) in [6.45, 7) is 2.06. The Morgan fingerprint density at radius 2 is 2.10 bits per heavy atom. The SMILES string of the molecule is COc1ccccc1OCCCN1CC(CCl)CC1=O. The summed E-state index contributed by atoms with van der Waals surface area (Å²) in [5.74, 6) is 2.53. The van der Waals surface area contributed by atoms with Crippen LogP contribution in [-0.4, -0.2) is 43.5 Å². The Labute approximate surface area is 124 Å². The summed E-state index contributed by atoms with van der Waals surface area (Å²) >= 11 is 5.80. The van der Waals surface area contributed by atoms with Gasteiger partial charge in [-0.2, -0.15) is 0 Å². The van der Waals surface area contributed by atoms with Gasteiger partial charge in [0.25, 0.3) is 0 Å². The van der Waals surface area contributed by atoms with Crippen molar-refractivity contribution in [3.63, 3.8) is 0 Å². The molecular formula is C15H20ClNO3. The van der Waals surface area contributed by atoms with E-state index in [1.54, 1.807) is 7.11 Å². The van der Waals surface area contributed by atoms with Crippen molar-refractivity contribution in [2.45, 2.75) is 12.8 Å². The second-order valence-electron chi connectivity index (χ2n) is 4.92. The molecule has 1 fully saturated rings. The zero-order valence-corrected chi connectivity index (χ0v) is 12.4. The maximum Gasteiger partial charge on any atom is 0.222 e. The fourth-order valence-electron chi connectivity index (χ4n) is 2.35. The van der Waals surface area contributed by atoms with Gasteiger partial charge in [0.1, 0.15) is 0 Å². The van der Waals surface area contributed by atoms with E-state index in [4.69, 9.17) is 21.1 Å². The fourth-order valence-corrected chi connectivity index (χ4v) is 2.56. The standard InChI is InChI=1S/C15H20ClNO3/c1-19-13-5-2-3-6-14(13)20-8-4-7-17-11-12(10-16)9-15(17)18/h2-3,5-6,12H,4,7-11H2,1H3. The van der Waals surface area contributed by atoms with Crippen LogP contribution in [0.4, 0.5) is 0 Å². The largest absolute Gasteiger partial charge is 0.493 e. The molecular weight excluding hydrogens is 278 g/mol. The molecule has 1 aromatic carbocycles. The van der Waals surface area contributed by atoms with Gasteiger partial charge in [-0.3, -0.25) is 4.79 Å². The van der Waals surface area contributed by atoms with Crippen LogP contribution in [-0.2, 0) is 4.79 Å². The molecule has 1 saturated heterocycles. The first-order chi connectivity index (χ1) is 9.74. The molecule has 0 radical (unpaired) electrons. The molecule has 1 aliphatic heterocycles. The van der Waals surface area contributed by atoms with Gasteiger partial charge in [-0.25, -0.2) is 0 Å². The maximum atomic E-state index is 11.7. The number of likely N-dealkylation sites (tertiary alicyclic amines) is 1. The number of hydrogen-bond acceptors (Lipinski definition) is 3. The van der Waals surface area contributed by atoms with Gasteiger partial charge in [-0.15, -0.1) is 11.6 Å². The van der Waals surface area contributed by atoms with E-state index < -0.39 is 0 Å². The van der Waals surface area contributed by atoms with E-state index >= 15 is 0 Å². The Balaban J connectivity index is 1.73. The number of alkyl halides is 1. The summed E-state index contributed by atoms with van der Waals surface area (Å²) in [5, 5.41) is 0. The van der Waals surface area contributed by atoms with E-state index in [1.165, 1.54) is 0 Å². The van der Waals surface area contributed by atoms with E-state index in [1.807, 2.05) is 29.2 Å². The number of carbonyl (C=O) groups is 1. The molecule has 0 saturated carbocycles. The Kier molecular flexibility index (Phi) is 5.53. The summed E-state index contributed by atoms with van der Waals surface area (Å²) in [7, 11) is 1.62. The van der Waals surface area contributed by atoms with Crippen LogP contribution >= 0.6 is 11.6 Å². The van der Waals surface area contributed by atoms with Gasteiger partial charge in [-0.05, 0) is 24.5 Å². The van der Waals surface area contributed by atoms with Crippen molar-refractivity contribution in [3.8, 4) is 11.5 Å². The highest BCUT2D eigenvalue weighted by molar-refractivity contribution is 6.18. The molecule has 1 heterocycles. The van der Waals surface area contributed by atoms with Crippen LogP contribution < -0.4 is 9.47 Å². The van der Waals surface area contributed by atoms with Gasteiger partial charge in [0, 0.05) is 25.4 Å².